The molecule has 5 rings (SSSR count). The van der Waals surface area contributed by atoms with E-state index in [1.807, 2.05) is 18.2 Å². The highest BCUT2D eigenvalue weighted by atomic mass is 127. The summed E-state index contributed by atoms with van der Waals surface area (Å²) in [5.74, 6) is 1.69. The first-order valence-electron chi connectivity index (χ1n) is 10.2. The fourth-order valence-corrected chi connectivity index (χ4v) is 5.63. The van der Waals surface area contributed by atoms with E-state index in [4.69, 9.17) is 23.2 Å². The molecular weight excluding hydrogens is 512 g/mol. The van der Waals surface area contributed by atoms with Crippen LogP contribution in [0.2, 0.25) is 10.0 Å². The van der Waals surface area contributed by atoms with E-state index in [0.29, 0.717) is 15.5 Å². The Morgan fingerprint density at radius 2 is 1.69 bits per heavy atom. The monoisotopic (exact) mass is 541 g/mol. The average Bonchev–Trinajstić information content (AvgIpc) is 2.64. The van der Waals surface area contributed by atoms with Crippen molar-refractivity contribution in [2.75, 3.05) is 20.6 Å². The van der Waals surface area contributed by atoms with Crippen LogP contribution in [0.1, 0.15) is 32.3 Å². The number of benzene rings is 2. The number of hydrogen-bond donors (Lipinski definition) is 0. The third-order valence-electron chi connectivity index (χ3n) is 7.02. The van der Waals surface area contributed by atoms with Crippen LogP contribution in [0.25, 0.3) is 11.1 Å². The second kappa shape index (κ2) is 8.53. The summed E-state index contributed by atoms with van der Waals surface area (Å²) >= 11 is 12.6. The molecule has 2 bridgehead atoms. The summed E-state index contributed by atoms with van der Waals surface area (Å²) in [7, 11) is 4.70. The van der Waals surface area contributed by atoms with Crippen molar-refractivity contribution in [2.45, 2.75) is 33.2 Å². The van der Waals surface area contributed by atoms with Crippen molar-refractivity contribution >= 4 is 23.2 Å². The van der Waals surface area contributed by atoms with Crippen molar-refractivity contribution in [2.24, 2.45) is 17.3 Å². The Kier molecular flexibility index (Phi) is 6.80. The maximum absolute atomic E-state index is 6.38. The Labute approximate surface area is 202 Å². The van der Waals surface area contributed by atoms with Gasteiger partial charge in [0.05, 0.1) is 24.1 Å². The minimum Gasteiger partial charge on any atom is -1.00 e. The molecule has 0 unspecified atom stereocenters. The zero-order chi connectivity index (χ0) is 20.1. The predicted molar refractivity (Wildman–Crippen MR) is 121 cm³/mol. The standard InChI is InChI=1S/C25H30Cl2N.HI/c1-25(2)20-13-12-19(22(25)14-20)16-28(3,4)15-17-8-10-18(11-9-17)21-6-5-7-23(26)24(21)27;/h5-12,20,22H,13-16H2,1-4H3;1H/q+1;/p-1/t20-,22-;/m0./s1. The van der Waals surface area contributed by atoms with Crippen LogP contribution in [-0.4, -0.2) is 25.1 Å². The minimum absolute atomic E-state index is 0. The molecule has 0 N–H and O–H groups in total. The van der Waals surface area contributed by atoms with Crippen molar-refractivity contribution in [1.82, 2.24) is 0 Å². The van der Waals surface area contributed by atoms with E-state index < -0.39 is 0 Å². The van der Waals surface area contributed by atoms with Crippen LogP contribution in [0, 0.1) is 17.3 Å². The molecule has 3 aliphatic carbocycles. The molecule has 1 nitrogen and oxygen atoms in total. The molecule has 3 aliphatic rings. The Balaban J connectivity index is 0.00000240. The zero-order valence-electron chi connectivity index (χ0n) is 17.7. The SMILES string of the molecule is CC1(C)[C@H]2CC=C(C[N+](C)(C)Cc3ccc(-c4cccc(Cl)c4Cl)cc3)[C@@H]1C2.[I-]. The third-order valence-corrected chi connectivity index (χ3v) is 7.84. The summed E-state index contributed by atoms with van der Waals surface area (Å²) < 4.78 is 0.986. The highest BCUT2D eigenvalue weighted by Gasteiger charge is 2.52. The van der Waals surface area contributed by atoms with Gasteiger partial charge in [-0.25, -0.2) is 0 Å². The van der Waals surface area contributed by atoms with Crippen LogP contribution in [-0.2, 0) is 6.54 Å². The molecule has 0 amide bonds. The van der Waals surface area contributed by atoms with Gasteiger partial charge in [0, 0.05) is 11.1 Å². The fourth-order valence-electron chi connectivity index (χ4n) is 5.22. The summed E-state index contributed by atoms with van der Waals surface area (Å²) in [6.07, 6.45) is 5.20. The number of allylic oxidation sites excluding steroid dienone is 1. The van der Waals surface area contributed by atoms with Crippen molar-refractivity contribution in [3.63, 3.8) is 0 Å². The van der Waals surface area contributed by atoms with Crippen LogP contribution >= 0.6 is 23.2 Å². The molecule has 1 fully saturated rings. The number of halogens is 3. The first kappa shape index (κ1) is 23.1. The molecule has 0 heterocycles. The summed E-state index contributed by atoms with van der Waals surface area (Å²) in [5.41, 5.74) is 5.64. The second-order valence-electron chi connectivity index (χ2n) is 9.87. The lowest BCUT2D eigenvalue weighted by atomic mass is 9.49. The van der Waals surface area contributed by atoms with E-state index >= 15 is 0 Å². The van der Waals surface area contributed by atoms with Crippen molar-refractivity contribution in [3.8, 4) is 11.1 Å². The molecule has 29 heavy (non-hydrogen) atoms. The molecule has 4 heteroatoms. The second-order valence-corrected chi connectivity index (χ2v) is 10.7. The Hall–Kier alpha value is -0.550. The van der Waals surface area contributed by atoms with Gasteiger partial charge >= 0.3 is 0 Å². The first-order valence-corrected chi connectivity index (χ1v) is 11.0. The van der Waals surface area contributed by atoms with Gasteiger partial charge in [-0.05, 0) is 47.3 Å². The highest BCUT2D eigenvalue weighted by molar-refractivity contribution is 6.43. The van der Waals surface area contributed by atoms with Crippen LogP contribution < -0.4 is 24.0 Å². The lowest BCUT2D eigenvalue weighted by molar-refractivity contribution is -0.899. The van der Waals surface area contributed by atoms with Gasteiger partial charge in [-0.2, -0.15) is 0 Å². The smallest absolute Gasteiger partial charge is 0.104 e. The van der Waals surface area contributed by atoms with Gasteiger partial charge in [-0.15, -0.1) is 0 Å². The van der Waals surface area contributed by atoms with Crippen molar-refractivity contribution in [3.05, 3.63) is 69.7 Å². The number of hydrogen-bond acceptors (Lipinski definition) is 0. The zero-order valence-corrected chi connectivity index (χ0v) is 21.4. The van der Waals surface area contributed by atoms with Gasteiger partial charge in [0.15, 0.2) is 0 Å². The number of quaternary nitrogens is 1. The van der Waals surface area contributed by atoms with Gasteiger partial charge in [-0.3, -0.25) is 0 Å². The fraction of sp³-hybridized carbons (Fsp3) is 0.440. The van der Waals surface area contributed by atoms with Crippen LogP contribution in [0.4, 0.5) is 0 Å². The Morgan fingerprint density at radius 3 is 2.31 bits per heavy atom. The number of likely N-dealkylation sites (N-methyl/N-ethyl adjacent to an activating group) is 1. The molecule has 2 atom stereocenters. The largest absolute Gasteiger partial charge is 1.00 e. The minimum atomic E-state index is 0. The topological polar surface area (TPSA) is 0 Å². The quantitative estimate of drug-likeness (QED) is 0.302. The summed E-state index contributed by atoms with van der Waals surface area (Å²) in [6.45, 7) is 7.08. The van der Waals surface area contributed by atoms with E-state index in [0.717, 1.165) is 40.5 Å². The molecule has 2 aromatic carbocycles. The van der Waals surface area contributed by atoms with Gasteiger partial charge in [0.25, 0.3) is 0 Å². The van der Waals surface area contributed by atoms with Crippen LogP contribution in [0.3, 0.4) is 0 Å². The van der Waals surface area contributed by atoms with E-state index in [1.54, 1.807) is 5.57 Å². The van der Waals surface area contributed by atoms with E-state index in [1.165, 1.54) is 18.4 Å². The molecular formula is C25H30Cl2IN. The van der Waals surface area contributed by atoms with Gasteiger partial charge in [0.2, 0.25) is 0 Å². The van der Waals surface area contributed by atoms with Crippen molar-refractivity contribution in [1.29, 1.82) is 0 Å². The molecule has 0 saturated heterocycles. The third kappa shape index (κ3) is 4.56. The normalized spacial score (nSPS) is 22.3. The molecule has 1 saturated carbocycles. The van der Waals surface area contributed by atoms with Gasteiger partial charge < -0.3 is 28.5 Å². The predicted octanol–water partition coefficient (Wildman–Crippen LogP) is 4.23. The molecule has 0 aliphatic heterocycles. The first-order chi connectivity index (χ1) is 13.2. The summed E-state index contributed by atoms with van der Waals surface area (Å²) in [6, 6.07) is 14.6. The van der Waals surface area contributed by atoms with Crippen LogP contribution in [0.15, 0.2) is 54.1 Å². The molecule has 0 spiro atoms. The lowest BCUT2D eigenvalue weighted by Crippen LogP contribution is -3.00. The Bertz CT molecular complexity index is 915. The maximum atomic E-state index is 6.38. The number of fused-ring (bicyclic) bond motifs is 1. The number of rotatable bonds is 5. The molecule has 0 radical (unpaired) electrons. The average molecular weight is 542 g/mol. The number of nitrogens with zero attached hydrogens (tertiary/aromatic N) is 1. The van der Waals surface area contributed by atoms with E-state index in [2.05, 4.69) is 58.3 Å². The lowest BCUT2D eigenvalue weighted by Gasteiger charge is -2.57. The molecule has 0 aromatic heterocycles. The summed E-state index contributed by atoms with van der Waals surface area (Å²) in [5, 5.41) is 1.22. The maximum Gasteiger partial charge on any atom is 0.104 e. The summed E-state index contributed by atoms with van der Waals surface area (Å²) in [4.78, 5) is 0. The Morgan fingerprint density at radius 1 is 1.00 bits per heavy atom. The van der Waals surface area contributed by atoms with E-state index in [9.17, 15) is 0 Å². The van der Waals surface area contributed by atoms with E-state index in [-0.39, 0.29) is 24.0 Å². The molecule has 156 valence electrons. The molecule has 2 aromatic rings. The van der Waals surface area contributed by atoms with Crippen molar-refractivity contribution < 1.29 is 28.5 Å². The highest BCUT2D eigenvalue weighted by Crippen LogP contribution is 2.59. The van der Waals surface area contributed by atoms with Gasteiger partial charge in [-0.1, -0.05) is 79.5 Å². The van der Waals surface area contributed by atoms with Gasteiger partial charge in [0.1, 0.15) is 13.1 Å². The van der Waals surface area contributed by atoms with Crippen LogP contribution in [0.5, 0.6) is 0 Å².